The highest BCUT2D eigenvalue weighted by Gasteiger charge is 2.39. The van der Waals surface area contributed by atoms with Gasteiger partial charge < -0.3 is 15.3 Å². The number of rotatable bonds is 3. The number of anilines is 1. The predicted octanol–water partition coefficient (Wildman–Crippen LogP) is 1.97. The number of hydrogen-bond acceptors (Lipinski definition) is 3. The lowest BCUT2D eigenvalue weighted by molar-refractivity contribution is -0.131. The molecule has 0 saturated carbocycles. The monoisotopic (exact) mass is 304 g/mol. The van der Waals surface area contributed by atoms with Crippen LogP contribution in [0.4, 0.5) is 5.69 Å². The first-order valence-electron chi connectivity index (χ1n) is 7.13. The molecule has 1 aliphatic heterocycles. The average molecular weight is 304 g/mol. The Labute approximate surface area is 129 Å². The molecule has 1 heterocycles. The van der Waals surface area contributed by atoms with Gasteiger partial charge in [0.1, 0.15) is 0 Å². The van der Waals surface area contributed by atoms with E-state index in [-0.39, 0.29) is 35.3 Å². The highest BCUT2D eigenvalue weighted by atomic mass is 16.4. The lowest BCUT2D eigenvalue weighted by Crippen LogP contribution is -2.42. The molecule has 0 aromatic heterocycles. The van der Waals surface area contributed by atoms with Crippen LogP contribution >= 0.6 is 0 Å². The van der Waals surface area contributed by atoms with Gasteiger partial charge in [-0.25, -0.2) is 4.79 Å². The van der Waals surface area contributed by atoms with Crippen molar-refractivity contribution in [2.24, 2.45) is 5.92 Å². The summed E-state index contributed by atoms with van der Waals surface area (Å²) in [6.45, 7) is 6.23. The summed E-state index contributed by atoms with van der Waals surface area (Å²) in [5, 5.41) is 11.6. The quantitative estimate of drug-likeness (QED) is 0.894. The molecule has 0 unspecified atom stereocenters. The van der Waals surface area contributed by atoms with Crippen LogP contribution < -0.4 is 5.32 Å². The minimum absolute atomic E-state index is 0.0196. The van der Waals surface area contributed by atoms with E-state index in [1.165, 1.54) is 12.1 Å². The smallest absolute Gasteiger partial charge is 0.335 e. The molecular weight excluding hydrogens is 284 g/mol. The first-order chi connectivity index (χ1) is 10.2. The van der Waals surface area contributed by atoms with Crippen LogP contribution in [0.25, 0.3) is 0 Å². The third-order valence-corrected chi connectivity index (χ3v) is 3.70. The number of benzene rings is 1. The molecule has 2 N–H and O–H groups in total. The Bertz CT molecular complexity index is 602. The van der Waals surface area contributed by atoms with E-state index in [9.17, 15) is 14.4 Å². The van der Waals surface area contributed by atoms with Gasteiger partial charge in [-0.15, -0.1) is 0 Å². The molecule has 0 radical (unpaired) electrons. The standard InChI is InChI=1S/C16H20N2O4/c1-16(2,3)18-9-11(8-13(18)19)14(20)17-12-6-4-10(5-7-12)15(21)22/h4-7,11H,8-9H2,1-3H3,(H,17,20)(H,21,22)/t11-/m0/s1. The molecule has 1 saturated heterocycles. The minimum atomic E-state index is -1.01. The molecule has 1 aromatic rings. The summed E-state index contributed by atoms with van der Waals surface area (Å²) in [6.07, 6.45) is 0.205. The summed E-state index contributed by atoms with van der Waals surface area (Å²) >= 11 is 0. The zero-order chi connectivity index (χ0) is 16.5. The Kier molecular flexibility index (Phi) is 4.21. The van der Waals surface area contributed by atoms with Gasteiger partial charge in [-0.05, 0) is 45.0 Å². The van der Waals surface area contributed by atoms with Crippen molar-refractivity contribution in [3.8, 4) is 0 Å². The molecule has 2 rings (SSSR count). The predicted molar refractivity (Wildman–Crippen MR) is 81.6 cm³/mol. The maximum absolute atomic E-state index is 12.2. The second-order valence-electron chi connectivity index (χ2n) is 6.45. The van der Waals surface area contributed by atoms with Crippen LogP contribution in [0.3, 0.4) is 0 Å². The largest absolute Gasteiger partial charge is 0.478 e. The molecule has 1 fully saturated rings. The number of carboxylic acids is 1. The molecule has 0 aliphatic carbocycles. The fourth-order valence-corrected chi connectivity index (χ4v) is 2.47. The lowest BCUT2D eigenvalue weighted by atomic mass is 10.1. The summed E-state index contributed by atoms with van der Waals surface area (Å²) in [7, 11) is 0. The van der Waals surface area contributed by atoms with E-state index in [0.717, 1.165) is 0 Å². The molecule has 6 nitrogen and oxygen atoms in total. The molecule has 118 valence electrons. The third kappa shape index (κ3) is 3.44. The number of aromatic carboxylic acids is 1. The van der Waals surface area contributed by atoms with Crippen LogP contribution in [0.15, 0.2) is 24.3 Å². The molecule has 6 heteroatoms. The lowest BCUT2D eigenvalue weighted by Gasteiger charge is -2.31. The van der Waals surface area contributed by atoms with E-state index in [1.807, 2.05) is 20.8 Å². The summed E-state index contributed by atoms with van der Waals surface area (Å²) < 4.78 is 0. The van der Waals surface area contributed by atoms with E-state index >= 15 is 0 Å². The number of hydrogen-bond donors (Lipinski definition) is 2. The van der Waals surface area contributed by atoms with Gasteiger partial charge in [-0.2, -0.15) is 0 Å². The van der Waals surface area contributed by atoms with Gasteiger partial charge in [0, 0.05) is 24.2 Å². The Balaban J connectivity index is 2.01. The Morgan fingerprint density at radius 3 is 2.27 bits per heavy atom. The van der Waals surface area contributed by atoms with E-state index in [2.05, 4.69) is 5.32 Å². The average Bonchev–Trinajstić information content (AvgIpc) is 2.81. The molecule has 0 spiro atoms. The van der Waals surface area contributed by atoms with Crippen molar-refractivity contribution in [1.29, 1.82) is 0 Å². The number of nitrogens with one attached hydrogen (secondary N) is 1. The van der Waals surface area contributed by atoms with E-state index in [1.54, 1.807) is 17.0 Å². The fraction of sp³-hybridized carbons (Fsp3) is 0.438. The Hall–Kier alpha value is -2.37. The number of nitrogens with zero attached hydrogens (tertiary/aromatic N) is 1. The van der Waals surface area contributed by atoms with E-state index < -0.39 is 5.97 Å². The van der Waals surface area contributed by atoms with Crippen LogP contribution in [-0.2, 0) is 9.59 Å². The summed E-state index contributed by atoms with van der Waals surface area (Å²) in [4.78, 5) is 36.7. The number of carboxylic acid groups (broad SMARTS) is 1. The highest BCUT2D eigenvalue weighted by molar-refractivity contribution is 5.97. The van der Waals surface area contributed by atoms with Crippen molar-refractivity contribution in [2.75, 3.05) is 11.9 Å². The van der Waals surface area contributed by atoms with Crippen LogP contribution in [0.5, 0.6) is 0 Å². The van der Waals surface area contributed by atoms with Gasteiger partial charge in [0.25, 0.3) is 0 Å². The van der Waals surface area contributed by atoms with Gasteiger partial charge >= 0.3 is 5.97 Å². The Morgan fingerprint density at radius 2 is 1.82 bits per heavy atom. The number of likely N-dealkylation sites (tertiary alicyclic amines) is 1. The number of carbonyl (C=O) groups is 3. The van der Waals surface area contributed by atoms with E-state index in [0.29, 0.717) is 12.2 Å². The van der Waals surface area contributed by atoms with Crippen LogP contribution in [0.1, 0.15) is 37.6 Å². The van der Waals surface area contributed by atoms with Crippen molar-refractivity contribution in [3.63, 3.8) is 0 Å². The zero-order valence-electron chi connectivity index (χ0n) is 12.9. The van der Waals surface area contributed by atoms with Gasteiger partial charge in [-0.3, -0.25) is 9.59 Å². The van der Waals surface area contributed by atoms with Gasteiger partial charge in [0.05, 0.1) is 11.5 Å². The molecular formula is C16H20N2O4. The zero-order valence-corrected chi connectivity index (χ0v) is 12.9. The second kappa shape index (κ2) is 5.79. The van der Waals surface area contributed by atoms with E-state index in [4.69, 9.17) is 5.11 Å². The SMILES string of the molecule is CC(C)(C)N1C[C@@H](C(=O)Nc2ccc(C(=O)O)cc2)CC1=O. The Morgan fingerprint density at radius 1 is 1.23 bits per heavy atom. The maximum atomic E-state index is 12.2. The topological polar surface area (TPSA) is 86.7 Å². The molecule has 2 amide bonds. The summed E-state index contributed by atoms with van der Waals surface area (Å²) in [5.74, 6) is -1.64. The highest BCUT2D eigenvalue weighted by Crippen LogP contribution is 2.26. The molecule has 1 aromatic carbocycles. The number of carbonyl (C=O) groups excluding carboxylic acids is 2. The van der Waals surface area contributed by atoms with Crippen LogP contribution in [-0.4, -0.2) is 39.9 Å². The van der Waals surface area contributed by atoms with Crippen molar-refractivity contribution < 1.29 is 19.5 Å². The maximum Gasteiger partial charge on any atom is 0.335 e. The molecule has 1 atom stereocenters. The molecule has 0 bridgehead atoms. The van der Waals surface area contributed by atoms with Crippen LogP contribution in [0.2, 0.25) is 0 Å². The van der Waals surface area contributed by atoms with Crippen molar-refractivity contribution in [2.45, 2.75) is 32.7 Å². The first kappa shape index (κ1) is 16.0. The fourth-order valence-electron chi connectivity index (χ4n) is 2.47. The van der Waals surface area contributed by atoms with Gasteiger partial charge in [-0.1, -0.05) is 0 Å². The van der Waals surface area contributed by atoms with Crippen LogP contribution in [0, 0.1) is 5.92 Å². The van der Waals surface area contributed by atoms with Gasteiger partial charge in [0.2, 0.25) is 11.8 Å². The van der Waals surface area contributed by atoms with Crippen molar-refractivity contribution >= 4 is 23.5 Å². The summed E-state index contributed by atoms with van der Waals surface area (Å²) in [6, 6.07) is 5.94. The second-order valence-corrected chi connectivity index (χ2v) is 6.45. The molecule has 1 aliphatic rings. The third-order valence-electron chi connectivity index (χ3n) is 3.70. The van der Waals surface area contributed by atoms with Crippen molar-refractivity contribution in [3.05, 3.63) is 29.8 Å². The minimum Gasteiger partial charge on any atom is -0.478 e. The van der Waals surface area contributed by atoms with Gasteiger partial charge in [0.15, 0.2) is 0 Å². The normalized spacial score (nSPS) is 18.4. The number of amides is 2. The first-order valence-corrected chi connectivity index (χ1v) is 7.13. The van der Waals surface area contributed by atoms with Crippen molar-refractivity contribution in [1.82, 2.24) is 4.90 Å². The summed E-state index contributed by atoms with van der Waals surface area (Å²) in [5.41, 5.74) is 0.388. The molecule has 22 heavy (non-hydrogen) atoms.